The van der Waals surface area contributed by atoms with Crippen LogP contribution in [0.2, 0.25) is 0 Å². The molecule has 22 heavy (non-hydrogen) atoms. The molecule has 2 rings (SSSR count). The van der Waals surface area contributed by atoms with Crippen LogP contribution in [0.15, 0.2) is 48.5 Å². The summed E-state index contributed by atoms with van der Waals surface area (Å²) in [5, 5.41) is 0. The van der Waals surface area contributed by atoms with Crippen molar-refractivity contribution < 1.29 is 19.0 Å². The molecule has 0 N–H and O–H groups in total. The standard InChI is InChI=1S/C18H20O4/c1-3-21-17-9-7-14(8-10-17)15-5-4-6-16(13-15)18(19)22-12-11-20-2/h4-10,13H,3,11-12H2,1-2H3. The maximum Gasteiger partial charge on any atom is 0.338 e. The van der Waals surface area contributed by atoms with Crippen molar-refractivity contribution in [3.63, 3.8) is 0 Å². The Kier molecular flexibility index (Phi) is 5.98. The van der Waals surface area contributed by atoms with E-state index < -0.39 is 0 Å². The van der Waals surface area contributed by atoms with Crippen LogP contribution < -0.4 is 4.74 Å². The quantitative estimate of drug-likeness (QED) is 0.579. The lowest BCUT2D eigenvalue weighted by Gasteiger charge is -2.08. The third kappa shape index (κ3) is 4.33. The number of hydrogen-bond donors (Lipinski definition) is 0. The van der Waals surface area contributed by atoms with Gasteiger partial charge in [0.1, 0.15) is 12.4 Å². The van der Waals surface area contributed by atoms with Crippen LogP contribution in [0.3, 0.4) is 0 Å². The summed E-state index contributed by atoms with van der Waals surface area (Å²) in [6.07, 6.45) is 0. The molecule has 0 amide bonds. The number of carbonyl (C=O) groups excluding carboxylic acids is 1. The number of ether oxygens (including phenoxy) is 3. The van der Waals surface area contributed by atoms with Crippen molar-refractivity contribution in [2.45, 2.75) is 6.92 Å². The summed E-state index contributed by atoms with van der Waals surface area (Å²) in [6.45, 7) is 3.24. The topological polar surface area (TPSA) is 44.8 Å². The number of esters is 1. The van der Waals surface area contributed by atoms with Crippen LogP contribution in [0.5, 0.6) is 5.75 Å². The first-order valence-electron chi connectivity index (χ1n) is 7.24. The number of methoxy groups -OCH3 is 1. The molecule has 4 heteroatoms. The zero-order chi connectivity index (χ0) is 15.8. The fourth-order valence-corrected chi connectivity index (χ4v) is 2.04. The Balaban J connectivity index is 2.12. The first-order valence-corrected chi connectivity index (χ1v) is 7.24. The maximum absolute atomic E-state index is 11.9. The van der Waals surface area contributed by atoms with Crippen molar-refractivity contribution >= 4 is 5.97 Å². The van der Waals surface area contributed by atoms with Gasteiger partial charge in [0.2, 0.25) is 0 Å². The normalized spacial score (nSPS) is 10.3. The Labute approximate surface area is 130 Å². The highest BCUT2D eigenvalue weighted by Gasteiger charge is 2.08. The Morgan fingerprint density at radius 2 is 1.77 bits per heavy atom. The van der Waals surface area contributed by atoms with E-state index in [4.69, 9.17) is 14.2 Å². The molecular weight excluding hydrogens is 280 g/mol. The van der Waals surface area contributed by atoms with Gasteiger partial charge in [-0.2, -0.15) is 0 Å². The Bertz CT molecular complexity index is 605. The monoisotopic (exact) mass is 300 g/mol. The van der Waals surface area contributed by atoms with Gasteiger partial charge in [0.15, 0.2) is 0 Å². The van der Waals surface area contributed by atoms with E-state index in [2.05, 4.69) is 0 Å². The lowest BCUT2D eigenvalue weighted by atomic mass is 10.0. The predicted molar refractivity (Wildman–Crippen MR) is 85.2 cm³/mol. The lowest BCUT2D eigenvalue weighted by molar-refractivity contribution is 0.0388. The van der Waals surface area contributed by atoms with E-state index in [1.807, 2.05) is 49.4 Å². The van der Waals surface area contributed by atoms with Gasteiger partial charge in [0.25, 0.3) is 0 Å². The second kappa shape index (κ2) is 8.20. The van der Waals surface area contributed by atoms with Gasteiger partial charge in [-0.05, 0) is 42.3 Å². The highest BCUT2D eigenvalue weighted by atomic mass is 16.6. The predicted octanol–water partition coefficient (Wildman–Crippen LogP) is 3.56. The molecule has 0 bridgehead atoms. The molecule has 0 fully saturated rings. The van der Waals surface area contributed by atoms with Crippen molar-refractivity contribution in [2.24, 2.45) is 0 Å². The first kappa shape index (κ1) is 16.0. The first-order chi connectivity index (χ1) is 10.7. The van der Waals surface area contributed by atoms with Crippen LogP contribution in [0.25, 0.3) is 11.1 Å². The summed E-state index contributed by atoms with van der Waals surface area (Å²) in [4.78, 5) is 11.9. The molecule has 0 saturated carbocycles. The average Bonchev–Trinajstić information content (AvgIpc) is 2.56. The minimum Gasteiger partial charge on any atom is -0.494 e. The molecule has 0 aromatic heterocycles. The molecule has 0 aliphatic heterocycles. The van der Waals surface area contributed by atoms with Gasteiger partial charge >= 0.3 is 5.97 Å². The molecule has 116 valence electrons. The Hall–Kier alpha value is -2.33. The highest BCUT2D eigenvalue weighted by Crippen LogP contribution is 2.23. The molecular formula is C18H20O4. The molecule has 4 nitrogen and oxygen atoms in total. The average molecular weight is 300 g/mol. The number of hydrogen-bond acceptors (Lipinski definition) is 4. The number of rotatable bonds is 7. The summed E-state index contributed by atoms with van der Waals surface area (Å²) in [6, 6.07) is 15.2. The van der Waals surface area contributed by atoms with Gasteiger partial charge in [0.05, 0.1) is 18.8 Å². The molecule has 0 spiro atoms. The molecule has 2 aromatic carbocycles. The van der Waals surface area contributed by atoms with Gasteiger partial charge in [-0.25, -0.2) is 4.79 Å². The molecule has 0 unspecified atom stereocenters. The van der Waals surface area contributed by atoms with E-state index in [1.165, 1.54) is 0 Å². The zero-order valence-corrected chi connectivity index (χ0v) is 12.9. The van der Waals surface area contributed by atoms with Crippen LogP contribution >= 0.6 is 0 Å². The van der Waals surface area contributed by atoms with Gasteiger partial charge in [-0.1, -0.05) is 24.3 Å². The SMILES string of the molecule is CCOc1ccc(-c2cccc(C(=O)OCCOC)c2)cc1. The summed E-state index contributed by atoms with van der Waals surface area (Å²) in [7, 11) is 1.57. The molecule has 0 aliphatic carbocycles. The summed E-state index contributed by atoms with van der Waals surface area (Å²) in [5.74, 6) is 0.492. The molecule has 2 aromatic rings. The molecule has 0 heterocycles. The van der Waals surface area contributed by atoms with Gasteiger partial charge in [-0.15, -0.1) is 0 Å². The van der Waals surface area contributed by atoms with E-state index in [1.54, 1.807) is 13.2 Å². The van der Waals surface area contributed by atoms with Gasteiger partial charge < -0.3 is 14.2 Å². The van der Waals surface area contributed by atoms with E-state index in [9.17, 15) is 4.79 Å². The lowest BCUT2D eigenvalue weighted by Crippen LogP contribution is -2.09. The second-order valence-electron chi connectivity index (χ2n) is 4.67. The third-order valence-electron chi connectivity index (χ3n) is 3.12. The van der Waals surface area contributed by atoms with E-state index in [0.29, 0.717) is 18.8 Å². The smallest absolute Gasteiger partial charge is 0.338 e. The van der Waals surface area contributed by atoms with Crippen molar-refractivity contribution in [3.8, 4) is 16.9 Å². The van der Waals surface area contributed by atoms with Gasteiger partial charge in [0, 0.05) is 7.11 Å². The largest absolute Gasteiger partial charge is 0.494 e. The summed E-state index contributed by atoms with van der Waals surface area (Å²) >= 11 is 0. The molecule has 0 saturated heterocycles. The number of carbonyl (C=O) groups is 1. The van der Waals surface area contributed by atoms with Crippen molar-refractivity contribution in [3.05, 3.63) is 54.1 Å². The van der Waals surface area contributed by atoms with Crippen LogP contribution in [0, 0.1) is 0 Å². The van der Waals surface area contributed by atoms with Gasteiger partial charge in [-0.3, -0.25) is 0 Å². The molecule has 0 atom stereocenters. The Morgan fingerprint density at radius 3 is 2.45 bits per heavy atom. The molecule has 0 radical (unpaired) electrons. The highest BCUT2D eigenvalue weighted by molar-refractivity contribution is 5.91. The zero-order valence-electron chi connectivity index (χ0n) is 12.9. The fraction of sp³-hybridized carbons (Fsp3) is 0.278. The van der Waals surface area contributed by atoms with E-state index in [-0.39, 0.29) is 12.6 Å². The fourth-order valence-electron chi connectivity index (χ4n) is 2.04. The van der Waals surface area contributed by atoms with Crippen LogP contribution in [-0.2, 0) is 9.47 Å². The van der Waals surface area contributed by atoms with Crippen molar-refractivity contribution in [1.82, 2.24) is 0 Å². The summed E-state index contributed by atoms with van der Waals surface area (Å²) in [5.41, 5.74) is 2.52. The summed E-state index contributed by atoms with van der Waals surface area (Å²) < 4.78 is 15.4. The minimum absolute atomic E-state index is 0.253. The van der Waals surface area contributed by atoms with Crippen LogP contribution in [0.1, 0.15) is 17.3 Å². The maximum atomic E-state index is 11.9. The van der Waals surface area contributed by atoms with E-state index in [0.717, 1.165) is 16.9 Å². The molecule has 0 aliphatic rings. The van der Waals surface area contributed by atoms with Crippen LogP contribution in [0.4, 0.5) is 0 Å². The van der Waals surface area contributed by atoms with E-state index >= 15 is 0 Å². The van der Waals surface area contributed by atoms with Crippen molar-refractivity contribution in [2.75, 3.05) is 26.9 Å². The third-order valence-corrected chi connectivity index (χ3v) is 3.12. The van der Waals surface area contributed by atoms with Crippen LogP contribution in [-0.4, -0.2) is 32.9 Å². The Morgan fingerprint density at radius 1 is 1.00 bits per heavy atom. The van der Waals surface area contributed by atoms with Crippen molar-refractivity contribution in [1.29, 1.82) is 0 Å². The second-order valence-corrected chi connectivity index (χ2v) is 4.67. The number of benzene rings is 2. The minimum atomic E-state index is -0.343.